The Bertz CT molecular complexity index is 299. The number of likely N-dealkylation sites (tertiary alicyclic amines) is 1. The molecule has 2 unspecified atom stereocenters. The van der Waals surface area contributed by atoms with Gasteiger partial charge in [-0.25, -0.2) is 4.79 Å². The first-order valence-electron chi connectivity index (χ1n) is 7.97. The molecule has 1 heterocycles. The van der Waals surface area contributed by atoms with Crippen molar-refractivity contribution < 1.29 is 14.6 Å². The van der Waals surface area contributed by atoms with Crippen LogP contribution < -0.4 is 0 Å². The zero-order valence-electron chi connectivity index (χ0n) is 13.5. The second-order valence-electron chi connectivity index (χ2n) is 6.87. The molecule has 0 radical (unpaired) electrons. The summed E-state index contributed by atoms with van der Waals surface area (Å²) in [5.74, 6) is 0.542. The molecule has 0 aliphatic carbocycles. The van der Waals surface area contributed by atoms with Crippen LogP contribution in [0, 0.1) is 5.92 Å². The molecular formula is C16H31NO3. The number of unbranched alkanes of at least 4 members (excludes halogenated alkanes) is 1. The Hall–Kier alpha value is -0.770. The summed E-state index contributed by atoms with van der Waals surface area (Å²) < 4.78 is 5.52. The van der Waals surface area contributed by atoms with Crippen molar-refractivity contribution >= 4 is 6.09 Å². The number of aliphatic hydroxyl groups is 1. The zero-order valence-corrected chi connectivity index (χ0v) is 13.5. The molecule has 4 nitrogen and oxygen atoms in total. The first-order chi connectivity index (χ1) is 9.37. The molecule has 0 bridgehead atoms. The van der Waals surface area contributed by atoms with Gasteiger partial charge >= 0.3 is 6.09 Å². The number of ether oxygens (including phenoxy) is 1. The number of carbonyl (C=O) groups excluding carboxylic acids is 1. The Morgan fingerprint density at radius 3 is 2.60 bits per heavy atom. The molecule has 1 aliphatic rings. The van der Waals surface area contributed by atoms with Crippen LogP contribution in [-0.2, 0) is 4.74 Å². The van der Waals surface area contributed by atoms with Gasteiger partial charge in [-0.05, 0) is 52.4 Å². The van der Waals surface area contributed by atoms with E-state index in [9.17, 15) is 4.79 Å². The molecule has 4 heteroatoms. The van der Waals surface area contributed by atoms with Crippen molar-refractivity contribution in [2.75, 3.05) is 13.2 Å². The minimum absolute atomic E-state index is 0.180. The van der Waals surface area contributed by atoms with E-state index in [0.29, 0.717) is 5.92 Å². The summed E-state index contributed by atoms with van der Waals surface area (Å²) in [5, 5.41) is 9.10. The van der Waals surface area contributed by atoms with Crippen molar-refractivity contribution in [3.05, 3.63) is 0 Å². The minimum atomic E-state index is -0.436. The smallest absolute Gasteiger partial charge is 0.410 e. The second kappa shape index (κ2) is 7.87. The SMILES string of the molecule is CCCCC1CC(CCO)CCN1C(=O)OC(C)(C)C. The molecule has 0 aromatic rings. The van der Waals surface area contributed by atoms with E-state index in [4.69, 9.17) is 9.84 Å². The average Bonchev–Trinajstić information content (AvgIpc) is 2.34. The third-order valence-electron chi connectivity index (χ3n) is 3.88. The number of hydrogen-bond donors (Lipinski definition) is 1. The van der Waals surface area contributed by atoms with Gasteiger partial charge < -0.3 is 14.7 Å². The van der Waals surface area contributed by atoms with Gasteiger partial charge in [0.1, 0.15) is 5.60 Å². The molecule has 1 amide bonds. The van der Waals surface area contributed by atoms with Crippen LogP contribution in [0.25, 0.3) is 0 Å². The van der Waals surface area contributed by atoms with Crippen LogP contribution in [0.2, 0.25) is 0 Å². The van der Waals surface area contributed by atoms with Crippen LogP contribution >= 0.6 is 0 Å². The van der Waals surface area contributed by atoms with E-state index >= 15 is 0 Å². The summed E-state index contributed by atoms with van der Waals surface area (Å²) >= 11 is 0. The lowest BCUT2D eigenvalue weighted by Gasteiger charge is -2.40. The highest BCUT2D eigenvalue weighted by atomic mass is 16.6. The Morgan fingerprint density at radius 2 is 2.05 bits per heavy atom. The largest absolute Gasteiger partial charge is 0.444 e. The number of rotatable bonds is 5. The molecule has 2 atom stereocenters. The summed E-state index contributed by atoms with van der Waals surface area (Å²) in [7, 11) is 0. The molecule has 20 heavy (non-hydrogen) atoms. The number of hydrogen-bond acceptors (Lipinski definition) is 3. The Balaban J connectivity index is 2.64. The Kier molecular flexibility index (Phi) is 6.80. The van der Waals surface area contributed by atoms with E-state index in [2.05, 4.69) is 6.92 Å². The van der Waals surface area contributed by atoms with E-state index in [0.717, 1.165) is 45.1 Å². The van der Waals surface area contributed by atoms with Crippen molar-refractivity contribution in [3.63, 3.8) is 0 Å². The minimum Gasteiger partial charge on any atom is -0.444 e. The number of aliphatic hydroxyl groups excluding tert-OH is 1. The van der Waals surface area contributed by atoms with Crippen LogP contribution in [0.4, 0.5) is 4.79 Å². The van der Waals surface area contributed by atoms with Gasteiger partial charge in [0.2, 0.25) is 0 Å². The molecule has 0 aromatic heterocycles. The fourth-order valence-corrected chi connectivity index (χ4v) is 2.85. The molecule has 118 valence electrons. The van der Waals surface area contributed by atoms with E-state index < -0.39 is 5.60 Å². The van der Waals surface area contributed by atoms with Gasteiger partial charge in [0.25, 0.3) is 0 Å². The first-order valence-corrected chi connectivity index (χ1v) is 7.97. The monoisotopic (exact) mass is 285 g/mol. The van der Waals surface area contributed by atoms with Gasteiger partial charge in [-0.15, -0.1) is 0 Å². The fourth-order valence-electron chi connectivity index (χ4n) is 2.85. The zero-order chi connectivity index (χ0) is 15.2. The lowest BCUT2D eigenvalue weighted by Crippen LogP contribution is -2.48. The molecule has 1 rings (SSSR count). The summed E-state index contributed by atoms with van der Waals surface area (Å²) in [6.07, 6.45) is 5.96. The summed E-state index contributed by atoms with van der Waals surface area (Å²) in [6, 6.07) is 0.273. The van der Waals surface area contributed by atoms with Gasteiger partial charge in [0.05, 0.1) is 0 Å². The highest BCUT2D eigenvalue weighted by Gasteiger charge is 2.33. The number of piperidine rings is 1. The second-order valence-corrected chi connectivity index (χ2v) is 6.87. The Labute approximate surface area is 123 Å². The van der Waals surface area contributed by atoms with Crippen LogP contribution in [0.1, 0.15) is 66.2 Å². The third-order valence-corrected chi connectivity index (χ3v) is 3.88. The standard InChI is InChI=1S/C16H31NO3/c1-5-6-7-14-12-13(9-11-18)8-10-17(14)15(19)20-16(2,3)4/h13-14,18H,5-12H2,1-4H3. The quantitative estimate of drug-likeness (QED) is 0.840. The number of amides is 1. The number of nitrogens with zero attached hydrogens (tertiary/aromatic N) is 1. The molecule has 1 N–H and O–H groups in total. The van der Waals surface area contributed by atoms with Gasteiger partial charge in [0, 0.05) is 19.2 Å². The predicted molar refractivity (Wildman–Crippen MR) is 80.7 cm³/mol. The molecule has 1 aliphatic heterocycles. The maximum absolute atomic E-state index is 12.3. The molecular weight excluding hydrogens is 254 g/mol. The molecule has 0 saturated carbocycles. The van der Waals surface area contributed by atoms with E-state index in [1.807, 2.05) is 25.7 Å². The van der Waals surface area contributed by atoms with Crippen molar-refractivity contribution in [3.8, 4) is 0 Å². The van der Waals surface area contributed by atoms with Crippen molar-refractivity contribution in [2.45, 2.75) is 77.9 Å². The summed E-state index contributed by atoms with van der Waals surface area (Å²) in [6.45, 7) is 8.90. The normalized spacial score (nSPS) is 23.8. The van der Waals surface area contributed by atoms with Gasteiger partial charge in [0.15, 0.2) is 0 Å². The van der Waals surface area contributed by atoms with Crippen molar-refractivity contribution in [1.82, 2.24) is 4.90 Å². The first kappa shape index (κ1) is 17.3. The lowest BCUT2D eigenvalue weighted by molar-refractivity contribution is 0.00186. The van der Waals surface area contributed by atoms with Crippen molar-refractivity contribution in [2.24, 2.45) is 5.92 Å². The van der Waals surface area contributed by atoms with Gasteiger partial charge in [-0.2, -0.15) is 0 Å². The maximum Gasteiger partial charge on any atom is 0.410 e. The summed E-state index contributed by atoms with van der Waals surface area (Å²) in [4.78, 5) is 14.2. The average molecular weight is 285 g/mol. The van der Waals surface area contributed by atoms with E-state index in [1.54, 1.807) is 0 Å². The third kappa shape index (κ3) is 5.70. The van der Waals surface area contributed by atoms with Crippen LogP contribution in [0.3, 0.4) is 0 Å². The highest BCUT2D eigenvalue weighted by molar-refractivity contribution is 5.68. The molecule has 0 spiro atoms. The highest BCUT2D eigenvalue weighted by Crippen LogP contribution is 2.29. The van der Waals surface area contributed by atoms with E-state index in [1.165, 1.54) is 0 Å². The fraction of sp³-hybridized carbons (Fsp3) is 0.938. The number of carbonyl (C=O) groups is 1. The molecule has 1 fully saturated rings. The van der Waals surface area contributed by atoms with Crippen LogP contribution in [-0.4, -0.2) is 40.9 Å². The van der Waals surface area contributed by atoms with Crippen LogP contribution in [0.15, 0.2) is 0 Å². The molecule has 0 aromatic carbocycles. The van der Waals surface area contributed by atoms with Crippen molar-refractivity contribution in [1.29, 1.82) is 0 Å². The predicted octanol–water partition coefficient (Wildman–Crippen LogP) is 3.57. The van der Waals surface area contributed by atoms with Gasteiger partial charge in [-0.1, -0.05) is 19.8 Å². The lowest BCUT2D eigenvalue weighted by atomic mass is 9.86. The van der Waals surface area contributed by atoms with E-state index in [-0.39, 0.29) is 18.7 Å². The van der Waals surface area contributed by atoms with Gasteiger partial charge in [-0.3, -0.25) is 0 Å². The summed E-state index contributed by atoms with van der Waals surface area (Å²) in [5.41, 5.74) is -0.436. The Morgan fingerprint density at radius 1 is 1.35 bits per heavy atom. The maximum atomic E-state index is 12.3. The molecule has 1 saturated heterocycles. The van der Waals surface area contributed by atoms with Crippen LogP contribution in [0.5, 0.6) is 0 Å². The topological polar surface area (TPSA) is 49.8 Å².